The molecule has 2 saturated carbocycles. The topological polar surface area (TPSA) is 58.1 Å². The number of carbonyl (C=O) groups excluding carboxylic acids is 1. The summed E-state index contributed by atoms with van der Waals surface area (Å²) in [6.07, 6.45) is 11.2. The minimum atomic E-state index is -0.0747. The van der Waals surface area contributed by atoms with E-state index in [1.165, 1.54) is 44.9 Å². The number of rotatable bonds is 4. The Morgan fingerprint density at radius 3 is 2.64 bits per heavy atom. The molecule has 5 nitrogen and oxygen atoms in total. The van der Waals surface area contributed by atoms with E-state index in [1.807, 2.05) is 12.1 Å². The average Bonchev–Trinajstić information content (AvgIpc) is 3.42. The smallest absolute Gasteiger partial charge is 0.272 e. The molecule has 1 aromatic rings. The zero-order chi connectivity index (χ0) is 17.3. The first-order valence-corrected chi connectivity index (χ1v) is 10.1. The summed E-state index contributed by atoms with van der Waals surface area (Å²) >= 11 is 0. The zero-order valence-corrected chi connectivity index (χ0v) is 15.3. The van der Waals surface area contributed by atoms with Gasteiger partial charge in [-0.1, -0.05) is 32.6 Å². The van der Waals surface area contributed by atoms with Gasteiger partial charge in [-0.2, -0.15) is 0 Å². The minimum Gasteiger partial charge on any atom is -0.355 e. The lowest BCUT2D eigenvalue weighted by molar-refractivity contribution is 0.0921. The van der Waals surface area contributed by atoms with E-state index in [0.717, 1.165) is 37.7 Å². The van der Waals surface area contributed by atoms with Crippen molar-refractivity contribution < 1.29 is 4.79 Å². The highest BCUT2D eigenvalue weighted by atomic mass is 16.2. The van der Waals surface area contributed by atoms with E-state index >= 15 is 0 Å². The van der Waals surface area contributed by atoms with Gasteiger partial charge in [0, 0.05) is 19.1 Å². The molecule has 2 heterocycles. The van der Waals surface area contributed by atoms with E-state index < -0.39 is 0 Å². The van der Waals surface area contributed by atoms with Crippen LogP contribution < -0.4 is 10.2 Å². The summed E-state index contributed by atoms with van der Waals surface area (Å²) in [5, 5.41) is 11.7. The van der Waals surface area contributed by atoms with Crippen molar-refractivity contribution in [2.24, 2.45) is 11.3 Å². The molecular weight excluding hydrogens is 312 g/mol. The Bertz CT molecular complexity index is 605. The second-order valence-corrected chi connectivity index (χ2v) is 8.26. The van der Waals surface area contributed by atoms with Gasteiger partial charge in [0.2, 0.25) is 0 Å². The molecule has 136 valence electrons. The first-order valence-electron chi connectivity index (χ1n) is 10.1. The van der Waals surface area contributed by atoms with Crippen LogP contribution >= 0.6 is 0 Å². The van der Waals surface area contributed by atoms with Gasteiger partial charge < -0.3 is 10.2 Å². The molecule has 1 N–H and O–H groups in total. The maximum atomic E-state index is 12.4. The molecule has 4 rings (SSSR count). The molecular formula is C20H30N4O. The van der Waals surface area contributed by atoms with Gasteiger partial charge in [0.05, 0.1) is 0 Å². The van der Waals surface area contributed by atoms with Gasteiger partial charge in [-0.15, -0.1) is 10.2 Å². The lowest BCUT2D eigenvalue weighted by Crippen LogP contribution is -2.42. The summed E-state index contributed by atoms with van der Waals surface area (Å²) in [6, 6.07) is 4.13. The minimum absolute atomic E-state index is 0.0747. The number of nitrogens with one attached hydrogen (secondary N) is 1. The first kappa shape index (κ1) is 16.8. The van der Waals surface area contributed by atoms with E-state index in [-0.39, 0.29) is 5.91 Å². The van der Waals surface area contributed by atoms with Gasteiger partial charge in [-0.05, 0) is 55.6 Å². The molecule has 0 bridgehead atoms. The molecule has 3 fully saturated rings. The molecule has 0 aromatic carbocycles. The molecule has 0 radical (unpaired) electrons. The van der Waals surface area contributed by atoms with Crippen molar-refractivity contribution in [3.05, 3.63) is 17.8 Å². The van der Waals surface area contributed by atoms with Crippen LogP contribution in [0.5, 0.6) is 0 Å². The molecule has 3 aliphatic rings. The van der Waals surface area contributed by atoms with E-state index in [2.05, 4.69) is 27.3 Å². The van der Waals surface area contributed by atoms with Crippen molar-refractivity contribution in [3.8, 4) is 0 Å². The fourth-order valence-electron chi connectivity index (χ4n) is 4.89. The van der Waals surface area contributed by atoms with Crippen LogP contribution in [0.15, 0.2) is 12.1 Å². The number of nitrogens with zero attached hydrogens (tertiary/aromatic N) is 3. The third kappa shape index (κ3) is 3.51. The molecule has 1 saturated heterocycles. The van der Waals surface area contributed by atoms with Crippen molar-refractivity contribution in [1.82, 2.24) is 15.5 Å². The van der Waals surface area contributed by atoms with Crippen LogP contribution in [-0.4, -0.2) is 35.2 Å². The Labute approximate surface area is 150 Å². The van der Waals surface area contributed by atoms with Crippen LogP contribution in [-0.2, 0) is 0 Å². The van der Waals surface area contributed by atoms with E-state index in [9.17, 15) is 4.79 Å². The first-order chi connectivity index (χ1) is 12.2. The summed E-state index contributed by atoms with van der Waals surface area (Å²) < 4.78 is 0. The molecule has 25 heavy (non-hydrogen) atoms. The van der Waals surface area contributed by atoms with Crippen LogP contribution in [0.3, 0.4) is 0 Å². The van der Waals surface area contributed by atoms with Gasteiger partial charge in [-0.25, -0.2) is 0 Å². The number of carbonyl (C=O) groups is 1. The summed E-state index contributed by atoms with van der Waals surface area (Å²) in [7, 11) is 0. The van der Waals surface area contributed by atoms with Crippen LogP contribution in [0.1, 0.15) is 75.2 Å². The number of piperidine rings is 1. The quantitative estimate of drug-likeness (QED) is 0.909. The summed E-state index contributed by atoms with van der Waals surface area (Å²) in [6.45, 7) is 4.48. The van der Waals surface area contributed by atoms with Gasteiger partial charge in [0.1, 0.15) is 0 Å². The fourth-order valence-corrected chi connectivity index (χ4v) is 4.89. The SMILES string of the molecule is CCC1CCN(c2ccc(C(=O)NC3CCCCC3)nn2)CC12CC2. The highest BCUT2D eigenvalue weighted by Crippen LogP contribution is 2.56. The van der Waals surface area contributed by atoms with E-state index in [1.54, 1.807) is 0 Å². The number of hydrogen-bond donors (Lipinski definition) is 1. The van der Waals surface area contributed by atoms with Crippen molar-refractivity contribution >= 4 is 11.7 Å². The Morgan fingerprint density at radius 1 is 1.20 bits per heavy atom. The van der Waals surface area contributed by atoms with Gasteiger partial charge in [-0.3, -0.25) is 4.79 Å². The summed E-state index contributed by atoms with van der Waals surface area (Å²) in [5.74, 6) is 1.72. The van der Waals surface area contributed by atoms with Crippen LogP contribution in [0.2, 0.25) is 0 Å². The maximum Gasteiger partial charge on any atom is 0.272 e. The van der Waals surface area contributed by atoms with Crippen molar-refractivity contribution in [2.45, 2.75) is 70.8 Å². The fraction of sp³-hybridized carbons (Fsp3) is 0.750. The molecule has 1 aliphatic heterocycles. The molecule has 1 atom stereocenters. The molecule has 2 aliphatic carbocycles. The van der Waals surface area contributed by atoms with Gasteiger partial charge in [0.15, 0.2) is 11.5 Å². The van der Waals surface area contributed by atoms with Crippen LogP contribution in [0.4, 0.5) is 5.82 Å². The van der Waals surface area contributed by atoms with Crippen molar-refractivity contribution in [2.75, 3.05) is 18.0 Å². The predicted octanol–water partition coefficient (Wildman–Crippen LogP) is 3.56. The predicted molar refractivity (Wildman–Crippen MR) is 98.6 cm³/mol. The molecule has 1 unspecified atom stereocenters. The highest BCUT2D eigenvalue weighted by Gasteiger charge is 2.51. The normalized spacial score (nSPS) is 25.8. The molecule has 1 amide bonds. The van der Waals surface area contributed by atoms with Crippen molar-refractivity contribution in [3.63, 3.8) is 0 Å². The molecule has 1 spiro atoms. The Kier molecular flexibility index (Phi) is 4.65. The number of anilines is 1. The van der Waals surface area contributed by atoms with Crippen LogP contribution in [0.25, 0.3) is 0 Å². The standard InChI is InChI=1S/C20H30N4O/c1-2-15-10-13-24(14-20(15)11-12-20)18-9-8-17(22-23-18)19(25)21-16-6-4-3-5-7-16/h8-9,15-16H,2-7,10-14H2,1H3,(H,21,25). The maximum absolute atomic E-state index is 12.4. The van der Waals surface area contributed by atoms with Gasteiger partial charge >= 0.3 is 0 Å². The highest BCUT2D eigenvalue weighted by molar-refractivity contribution is 5.92. The third-order valence-corrected chi connectivity index (χ3v) is 6.65. The largest absolute Gasteiger partial charge is 0.355 e. The summed E-state index contributed by atoms with van der Waals surface area (Å²) in [5.41, 5.74) is 0.977. The second-order valence-electron chi connectivity index (χ2n) is 8.26. The Balaban J connectivity index is 1.38. The number of aromatic nitrogens is 2. The van der Waals surface area contributed by atoms with E-state index in [4.69, 9.17) is 0 Å². The lowest BCUT2D eigenvalue weighted by atomic mass is 9.81. The Morgan fingerprint density at radius 2 is 2.00 bits per heavy atom. The monoisotopic (exact) mass is 342 g/mol. The van der Waals surface area contributed by atoms with Crippen LogP contribution in [0, 0.1) is 11.3 Å². The number of amides is 1. The lowest BCUT2D eigenvalue weighted by Gasteiger charge is -2.39. The number of hydrogen-bond acceptors (Lipinski definition) is 4. The average molecular weight is 342 g/mol. The second kappa shape index (κ2) is 6.93. The Hall–Kier alpha value is -1.65. The molecule has 1 aromatic heterocycles. The summed E-state index contributed by atoms with van der Waals surface area (Å²) in [4.78, 5) is 14.7. The molecule has 5 heteroatoms. The zero-order valence-electron chi connectivity index (χ0n) is 15.3. The van der Waals surface area contributed by atoms with E-state index in [0.29, 0.717) is 17.2 Å². The van der Waals surface area contributed by atoms with Crippen molar-refractivity contribution in [1.29, 1.82) is 0 Å². The van der Waals surface area contributed by atoms with Gasteiger partial charge in [0.25, 0.3) is 5.91 Å². The third-order valence-electron chi connectivity index (χ3n) is 6.65.